The highest BCUT2D eigenvalue weighted by atomic mass is 19.1. The molecule has 1 aromatic carbocycles. The zero-order chi connectivity index (χ0) is 27.8. The van der Waals surface area contributed by atoms with E-state index in [1.165, 1.54) is 44.2 Å². The summed E-state index contributed by atoms with van der Waals surface area (Å²) in [4.78, 5) is 38.4. The number of esters is 1. The number of rotatable bonds is 13. The van der Waals surface area contributed by atoms with E-state index in [4.69, 9.17) is 19.8 Å². The number of fused-ring (bicyclic) bond motifs is 1. The molecule has 2 aromatic rings. The lowest BCUT2D eigenvalue weighted by molar-refractivity contribution is -0.189. The summed E-state index contributed by atoms with van der Waals surface area (Å²) in [5.74, 6) is -1.59. The van der Waals surface area contributed by atoms with Gasteiger partial charge in [-0.25, -0.2) is 14.0 Å². The number of hydroxylamine groups is 2. The molecule has 0 atom stereocenters. The number of amides is 1. The van der Waals surface area contributed by atoms with E-state index in [0.29, 0.717) is 37.9 Å². The number of aromatic nitrogens is 1. The van der Waals surface area contributed by atoms with Gasteiger partial charge in [0.1, 0.15) is 5.82 Å². The third kappa shape index (κ3) is 11.4. The first-order valence-electron chi connectivity index (χ1n) is 13.5. The van der Waals surface area contributed by atoms with Crippen LogP contribution in [0.3, 0.4) is 0 Å². The summed E-state index contributed by atoms with van der Waals surface area (Å²) >= 11 is 0. The molecule has 38 heavy (non-hydrogen) atoms. The molecule has 1 amide bonds. The van der Waals surface area contributed by atoms with Crippen molar-refractivity contribution in [3.63, 3.8) is 0 Å². The average Bonchev–Trinajstić information content (AvgIpc) is 3.31. The highest BCUT2D eigenvalue weighted by Gasteiger charge is 2.26. The van der Waals surface area contributed by atoms with Crippen LogP contribution < -0.4 is 5.73 Å². The Morgan fingerprint density at radius 3 is 2.37 bits per heavy atom. The Morgan fingerprint density at radius 2 is 1.71 bits per heavy atom. The SMILES string of the molecule is CCCCCCCCCC(N)=O.CCOC(=O)/C=C/C(=O)ON1CCC(c2noc3cc(F)ccc23)CC1. The van der Waals surface area contributed by atoms with E-state index >= 15 is 0 Å². The summed E-state index contributed by atoms with van der Waals surface area (Å²) < 4.78 is 23.1. The van der Waals surface area contributed by atoms with Gasteiger partial charge in [-0.1, -0.05) is 50.6 Å². The number of nitrogens with zero attached hydrogens (tertiary/aromatic N) is 2. The molecule has 10 heteroatoms. The van der Waals surface area contributed by atoms with Crippen LogP contribution in [-0.2, 0) is 24.0 Å². The van der Waals surface area contributed by atoms with E-state index in [2.05, 4.69) is 12.1 Å². The molecule has 0 saturated carbocycles. The summed E-state index contributed by atoms with van der Waals surface area (Å²) in [6.07, 6.45) is 12.8. The van der Waals surface area contributed by atoms with E-state index < -0.39 is 11.9 Å². The van der Waals surface area contributed by atoms with Crippen LogP contribution in [0.15, 0.2) is 34.9 Å². The maximum Gasteiger partial charge on any atom is 0.349 e. The van der Waals surface area contributed by atoms with Crippen molar-refractivity contribution in [2.45, 2.75) is 84.0 Å². The number of hydrogen-bond acceptors (Lipinski definition) is 8. The van der Waals surface area contributed by atoms with Gasteiger partial charge >= 0.3 is 11.9 Å². The van der Waals surface area contributed by atoms with Gasteiger partial charge in [-0.3, -0.25) is 4.79 Å². The van der Waals surface area contributed by atoms with Gasteiger partial charge in [0.2, 0.25) is 5.91 Å². The lowest BCUT2D eigenvalue weighted by Crippen LogP contribution is -2.34. The molecule has 9 nitrogen and oxygen atoms in total. The molecule has 1 fully saturated rings. The van der Waals surface area contributed by atoms with Gasteiger partial charge in [-0.15, -0.1) is 5.06 Å². The van der Waals surface area contributed by atoms with E-state index in [1.54, 1.807) is 18.1 Å². The number of nitrogens with two attached hydrogens (primary N) is 1. The predicted molar refractivity (Wildman–Crippen MR) is 141 cm³/mol. The number of hydrogen-bond donors (Lipinski definition) is 1. The number of unbranched alkanes of at least 4 members (excludes halogenated alkanes) is 6. The standard InChI is InChI=1S/C18H19FN2O5.C10H21NO/c1-2-24-16(22)5-6-17(23)26-21-9-7-12(8-10-21)18-14-4-3-13(19)11-15(14)25-20-18;1-2-3-4-5-6-7-8-9-10(11)12/h3-6,11-12H,2,7-10H2,1H3;2-9H2,1H3,(H2,11,12)/b6-5+;. The highest BCUT2D eigenvalue weighted by molar-refractivity contribution is 5.91. The van der Waals surface area contributed by atoms with Crippen molar-refractivity contribution in [1.82, 2.24) is 10.2 Å². The Kier molecular flexibility index (Phi) is 14.1. The molecule has 3 rings (SSSR count). The number of halogens is 1. The van der Waals surface area contributed by atoms with Crippen molar-refractivity contribution in [2.24, 2.45) is 5.73 Å². The van der Waals surface area contributed by atoms with Crippen LogP contribution in [0.2, 0.25) is 0 Å². The number of benzene rings is 1. The van der Waals surface area contributed by atoms with Crippen LogP contribution in [0.5, 0.6) is 0 Å². The maximum absolute atomic E-state index is 13.2. The molecule has 2 N–H and O–H groups in total. The third-order valence-electron chi connectivity index (χ3n) is 6.19. The molecule has 210 valence electrons. The number of carbonyl (C=O) groups is 3. The van der Waals surface area contributed by atoms with Gasteiger partial charge in [0, 0.05) is 49.0 Å². The van der Waals surface area contributed by atoms with E-state index in [0.717, 1.165) is 36.1 Å². The lowest BCUT2D eigenvalue weighted by atomic mass is 9.92. The van der Waals surface area contributed by atoms with Crippen molar-refractivity contribution >= 4 is 28.8 Å². The number of piperidine rings is 1. The van der Waals surface area contributed by atoms with Crippen LogP contribution in [-0.4, -0.2) is 47.8 Å². The largest absolute Gasteiger partial charge is 0.463 e. The van der Waals surface area contributed by atoms with Gasteiger partial charge in [0.05, 0.1) is 12.3 Å². The van der Waals surface area contributed by atoms with E-state index in [-0.39, 0.29) is 24.2 Å². The zero-order valence-corrected chi connectivity index (χ0v) is 22.5. The Labute approximate surface area is 223 Å². The molecule has 0 spiro atoms. The first-order chi connectivity index (χ1) is 18.3. The summed E-state index contributed by atoms with van der Waals surface area (Å²) in [5, 5.41) is 6.44. The Hall–Kier alpha value is -3.27. The molecule has 0 radical (unpaired) electrons. The second-order valence-corrected chi connectivity index (χ2v) is 9.24. The second kappa shape index (κ2) is 17.3. The van der Waals surface area contributed by atoms with Crippen LogP contribution in [0.25, 0.3) is 11.0 Å². The fourth-order valence-corrected chi connectivity index (χ4v) is 4.19. The minimum absolute atomic E-state index is 0.145. The molecule has 1 aliphatic rings. The zero-order valence-electron chi connectivity index (χ0n) is 22.5. The Balaban J connectivity index is 0.000000358. The highest BCUT2D eigenvalue weighted by Crippen LogP contribution is 2.32. The predicted octanol–water partition coefficient (Wildman–Crippen LogP) is 5.34. The molecule has 1 aromatic heterocycles. The van der Waals surface area contributed by atoms with Gasteiger partial charge in [-0.2, -0.15) is 0 Å². The molecular formula is C28H40FN3O6. The fraction of sp³-hybridized carbons (Fsp3) is 0.571. The van der Waals surface area contributed by atoms with Crippen molar-refractivity contribution in [1.29, 1.82) is 0 Å². The average molecular weight is 534 g/mol. The minimum atomic E-state index is -0.626. The molecular weight excluding hydrogens is 493 g/mol. The van der Waals surface area contributed by atoms with Crippen LogP contribution in [0.1, 0.15) is 89.7 Å². The molecule has 0 bridgehead atoms. The van der Waals surface area contributed by atoms with Crippen LogP contribution in [0.4, 0.5) is 4.39 Å². The quantitative estimate of drug-likeness (QED) is 0.208. The molecule has 2 heterocycles. The Morgan fingerprint density at radius 1 is 1.05 bits per heavy atom. The molecule has 1 aliphatic heterocycles. The van der Waals surface area contributed by atoms with E-state index in [1.807, 2.05) is 0 Å². The van der Waals surface area contributed by atoms with Gasteiger partial charge in [0.15, 0.2) is 5.58 Å². The summed E-state index contributed by atoms with van der Waals surface area (Å²) in [5.41, 5.74) is 6.24. The van der Waals surface area contributed by atoms with Gasteiger partial charge < -0.3 is 19.8 Å². The normalized spacial score (nSPS) is 14.3. The summed E-state index contributed by atoms with van der Waals surface area (Å²) in [6.45, 7) is 5.20. The van der Waals surface area contributed by atoms with E-state index in [9.17, 15) is 18.8 Å². The lowest BCUT2D eigenvalue weighted by Gasteiger charge is -2.29. The molecule has 1 saturated heterocycles. The van der Waals surface area contributed by atoms with Crippen molar-refractivity contribution in [2.75, 3.05) is 19.7 Å². The van der Waals surface area contributed by atoms with Crippen molar-refractivity contribution < 1.29 is 32.9 Å². The Bertz CT molecular complexity index is 1050. The fourth-order valence-electron chi connectivity index (χ4n) is 4.19. The summed E-state index contributed by atoms with van der Waals surface area (Å²) in [6, 6.07) is 4.37. The maximum atomic E-state index is 13.2. The number of carbonyl (C=O) groups excluding carboxylic acids is 3. The number of primary amides is 1. The first kappa shape index (κ1) is 31.0. The topological polar surface area (TPSA) is 125 Å². The summed E-state index contributed by atoms with van der Waals surface area (Å²) in [7, 11) is 0. The smallest absolute Gasteiger partial charge is 0.349 e. The van der Waals surface area contributed by atoms with Crippen LogP contribution in [0, 0.1) is 5.82 Å². The van der Waals surface area contributed by atoms with Crippen LogP contribution >= 0.6 is 0 Å². The van der Waals surface area contributed by atoms with Crippen molar-refractivity contribution in [3.8, 4) is 0 Å². The second-order valence-electron chi connectivity index (χ2n) is 9.24. The van der Waals surface area contributed by atoms with Crippen molar-refractivity contribution in [3.05, 3.63) is 41.9 Å². The van der Waals surface area contributed by atoms with Gasteiger partial charge in [-0.05, 0) is 38.3 Å². The monoisotopic (exact) mass is 533 g/mol. The molecule has 0 unspecified atom stereocenters. The minimum Gasteiger partial charge on any atom is -0.463 e. The molecule has 0 aliphatic carbocycles. The number of ether oxygens (including phenoxy) is 1. The third-order valence-corrected chi connectivity index (χ3v) is 6.19. The van der Waals surface area contributed by atoms with Gasteiger partial charge in [0.25, 0.3) is 0 Å². The first-order valence-corrected chi connectivity index (χ1v) is 13.5.